The molecule has 1 aliphatic rings. The van der Waals surface area contributed by atoms with Gasteiger partial charge in [0.1, 0.15) is 0 Å². The Kier molecular flexibility index (Phi) is 5.42. The molecule has 1 aromatic rings. The molecule has 122 valence electrons. The summed E-state index contributed by atoms with van der Waals surface area (Å²) in [5.41, 5.74) is 2.21. The van der Waals surface area contributed by atoms with E-state index in [1.165, 1.54) is 16.1 Å². The normalized spacial score (nSPS) is 19.6. The molecule has 0 saturated carbocycles. The second-order valence-electron chi connectivity index (χ2n) is 5.77. The lowest BCUT2D eigenvalue weighted by atomic mass is 10.1. The standard InChI is InChI=1S/C15H23N3O3S/c1-12-5-7-13(8-6-12)10-16-15(19)17-14-4-3-9-18(11-14)22(2,20)21/h5-8,14H,3-4,9-11H2,1-2H3,(H2,16,17,19)/t14-/m0/s1. The van der Waals surface area contributed by atoms with Crippen molar-refractivity contribution < 1.29 is 13.2 Å². The predicted molar refractivity (Wildman–Crippen MR) is 86.0 cm³/mol. The van der Waals surface area contributed by atoms with Crippen molar-refractivity contribution in [1.82, 2.24) is 14.9 Å². The summed E-state index contributed by atoms with van der Waals surface area (Å²) in [6, 6.07) is 7.55. The maximum atomic E-state index is 11.9. The van der Waals surface area contributed by atoms with E-state index >= 15 is 0 Å². The minimum atomic E-state index is -3.19. The number of carbonyl (C=O) groups excluding carboxylic acids is 1. The Hall–Kier alpha value is -1.60. The van der Waals surface area contributed by atoms with E-state index in [4.69, 9.17) is 0 Å². The highest BCUT2D eigenvalue weighted by Crippen LogP contribution is 2.13. The van der Waals surface area contributed by atoms with Crippen molar-refractivity contribution in [2.45, 2.75) is 32.4 Å². The molecular formula is C15H23N3O3S. The summed E-state index contributed by atoms with van der Waals surface area (Å²) in [5, 5.41) is 5.65. The van der Waals surface area contributed by atoms with Crippen LogP contribution in [-0.4, -0.2) is 44.1 Å². The Morgan fingerprint density at radius 1 is 1.32 bits per heavy atom. The van der Waals surface area contributed by atoms with Crippen LogP contribution < -0.4 is 10.6 Å². The van der Waals surface area contributed by atoms with Gasteiger partial charge in [0.25, 0.3) is 0 Å². The smallest absolute Gasteiger partial charge is 0.315 e. The highest BCUT2D eigenvalue weighted by molar-refractivity contribution is 7.88. The Balaban J connectivity index is 1.80. The zero-order valence-electron chi connectivity index (χ0n) is 13.0. The third-order valence-electron chi connectivity index (χ3n) is 3.76. The van der Waals surface area contributed by atoms with Gasteiger partial charge in [-0.25, -0.2) is 17.5 Å². The van der Waals surface area contributed by atoms with E-state index in [1.807, 2.05) is 31.2 Å². The lowest BCUT2D eigenvalue weighted by Gasteiger charge is -2.31. The summed E-state index contributed by atoms with van der Waals surface area (Å²) in [5.74, 6) is 0. The second-order valence-corrected chi connectivity index (χ2v) is 7.76. The van der Waals surface area contributed by atoms with Crippen molar-refractivity contribution >= 4 is 16.1 Å². The van der Waals surface area contributed by atoms with Gasteiger partial charge in [0.15, 0.2) is 0 Å². The molecule has 0 bridgehead atoms. The number of nitrogens with one attached hydrogen (secondary N) is 2. The number of carbonyl (C=O) groups is 1. The molecule has 0 radical (unpaired) electrons. The first kappa shape index (κ1) is 16.8. The van der Waals surface area contributed by atoms with Crippen molar-refractivity contribution in [3.8, 4) is 0 Å². The number of nitrogens with zero attached hydrogens (tertiary/aromatic N) is 1. The Labute approximate surface area is 131 Å². The minimum Gasteiger partial charge on any atom is -0.334 e. The van der Waals surface area contributed by atoms with E-state index in [-0.39, 0.29) is 12.1 Å². The molecule has 1 atom stereocenters. The topological polar surface area (TPSA) is 78.5 Å². The van der Waals surface area contributed by atoms with Crippen LogP contribution in [0.15, 0.2) is 24.3 Å². The molecule has 0 aliphatic carbocycles. The lowest BCUT2D eigenvalue weighted by Crippen LogP contribution is -2.51. The fraction of sp³-hybridized carbons (Fsp3) is 0.533. The van der Waals surface area contributed by atoms with Gasteiger partial charge < -0.3 is 10.6 Å². The van der Waals surface area contributed by atoms with E-state index in [2.05, 4.69) is 10.6 Å². The number of sulfonamides is 1. The second kappa shape index (κ2) is 7.11. The molecule has 7 heteroatoms. The average molecular weight is 325 g/mol. The predicted octanol–water partition coefficient (Wildman–Crippen LogP) is 1.22. The first-order chi connectivity index (χ1) is 10.3. The van der Waals surface area contributed by atoms with Gasteiger partial charge in [-0.3, -0.25) is 0 Å². The average Bonchev–Trinajstić information content (AvgIpc) is 2.46. The van der Waals surface area contributed by atoms with Crippen molar-refractivity contribution in [3.63, 3.8) is 0 Å². The summed E-state index contributed by atoms with van der Waals surface area (Å²) >= 11 is 0. The highest BCUT2D eigenvalue weighted by Gasteiger charge is 2.26. The van der Waals surface area contributed by atoms with Crippen LogP contribution in [0.25, 0.3) is 0 Å². The molecule has 2 rings (SSSR count). The number of piperidine rings is 1. The number of amides is 2. The zero-order chi connectivity index (χ0) is 16.2. The molecule has 1 aromatic carbocycles. The molecule has 2 amide bonds. The van der Waals surface area contributed by atoms with Crippen molar-refractivity contribution in [2.75, 3.05) is 19.3 Å². The first-order valence-electron chi connectivity index (χ1n) is 7.39. The highest BCUT2D eigenvalue weighted by atomic mass is 32.2. The van der Waals surface area contributed by atoms with Crippen LogP contribution >= 0.6 is 0 Å². The SMILES string of the molecule is Cc1ccc(CNC(=O)N[C@H]2CCCN(S(C)(=O)=O)C2)cc1. The first-order valence-corrected chi connectivity index (χ1v) is 9.24. The number of hydrogen-bond donors (Lipinski definition) is 2. The summed E-state index contributed by atoms with van der Waals surface area (Å²) in [4.78, 5) is 11.9. The largest absolute Gasteiger partial charge is 0.334 e. The monoisotopic (exact) mass is 325 g/mol. The maximum absolute atomic E-state index is 11.9. The Bertz CT molecular complexity index is 613. The van der Waals surface area contributed by atoms with E-state index < -0.39 is 10.0 Å². The molecule has 1 fully saturated rings. The molecule has 0 unspecified atom stereocenters. The van der Waals surface area contributed by atoms with E-state index in [1.54, 1.807) is 0 Å². The fourth-order valence-electron chi connectivity index (χ4n) is 2.49. The molecule has 1 saturated heterocycles. The number of hydrogen-bond acceptors (Lipinski definition) is 3. The van der Waals surface area contributed by atoms with Crippen LogP contribution in [0.3, 0.4) is 0 Å². The van der Waals surface area contributed by atoms with Gasteiger partial charge in [0.2, 0.25) is 10.0 Å². The summed E-state index contributed by atoms with van der Waals surface area (Å²) < 4.78 is 24.5. The molecule has 22 heavy (non-hydrogen) atoms. The van der Waals surface area contributed by atoms with Gasteiger partial charge in [0, 0.05) is 25.7 Å². The van der Waals surface area contributed by atoms with E-state index in [9.17, 15) is 13.2 Å². The Morgan fingerprint density at radius 3 is 2.64 bits per heavy atom. The van der Waals surface area contributed by atoms with Crippen LogP contribution in [0.2, 0.25) is 0 Å². The number of benzene rings is 1. The van der Waals surface area contributed by atoms with Gasteiger partial charge in [-0.1, -0.05) is 29.8 Å². The van der Waals surface area contributed by atoms with Gasteiger partial charge in [0.05, 0.1) is 6.26 Å². The van der Waals surface area contributed by atoms with Gasteiger partial charge >= 0.3 is 6.03 Å². The third kappa shape index (κ3) is 4.99. The molecule has 0 aromatic heterocycles. The molecule has 1 aliphatic heterocycles. The Morgan fingerprint density at radius 2 is 2.00 bits per heavy atom. The van der Waals surface area contributed by atoms with Crippen LogP contribution in [0, 0.1) is 6.92 Å². The van der Waals surface area contributed by atoms with E-state index in [0.29, 0.717) is 19.6 Å². The van der Waals surface area contributed by atoms with Crippen LogP contribution in [0.1, 0.15) is 24.0 Å². The van der Waals surface area contributed by atoms with Crippen LogP contribution in [0.4, 0.5) is 4.79 Å². The minimum absolute atomic E-state index is 0.138. The lowest BCUT2D eigenvalue weighted by molar-refractivity contribution is 0.225. The third-order valence-corrected chi connectivity index (χ3v) is 5.03. The van der Waals surface area contributed by atoms with Crippen LogP contribution in [0.5, 0.6) is 0 Å². The molecule has 0 spiro atoms. The summed E-state index contributed by atoms with van der Waals surface area (Å²) in [6.07, 6.45) is 2.76. The van der Waals surface area contributed by atoms with Gasteiger partial charge in [-0.05, 0) is 25.3 Å². The zero-order valence-corrected chi connectivity index (χ0v) is 13.8. The summed E-state index contributed by atoms with van der Waals surface area (Å²) in [6.45, 7) is 3.34. The molecule has 1 heterocycles. The number of aryl methyl sites for hydroxylation is 1. The van der Waals surface area contributed by atoms with Crippen molar-refractivity contribution in [1.29, 1.82) is 0 Å². The molecule has 2 N–H and O–H groups in total. The van der Waals surface area contributed by atoms with Gasteiger partial charge in [-0.15, -0.1) is 0 Å². The van der Waals surface area contributed by atoms with E-state index in [0.717, 1.165) is 18.4 Å². The van der Waals surface area contributed by atoms with Crippen molar-refractivity contribution in [2.24, 2.45) is 0 Å². The van der Waals surface area contributed by atoms with Crippen LogP contribution in [-0.2, 0) is 16.6 Å². The summed E-state index contributed by atoms with van der Waals surface area (Å²) in [7, 11) is -3.19. The quantitative estimate of drug-likeness (QED) is 0.873. The molecule has 6 nitrogen and oxygen atoms in total. The fourth-order valence-corrected chi connectivity index (χ4v) is 3.40. The van der Waals surface area contributed by atoms with Gasteiger partial charge in [-0.2, -0.15) is 0 Å². The number of rotatable bonds is 4. The van der Waals surface area contributed by atoms with Crippen molar-refractivity contribution in [3.05, 3.63) is 35.4 Å². The number of urea groups is 1. The maximum Gasteiger partial charge on any atom is 0.315 e. The molecular weight excluding hydrogens is 302 g/mol.